The van der Waals surface area contributed by atoms with Gasteiger partial charge in [-0.1, -0.05) is 48.2 Å². The van der Waals surface area contributed by atoms with Crippen LogP contribution in [0, 0.1) is 23.2 Å². The molecule has 0 spiro atoms. The van der Waals surface area contributed by atoms with Crippen molar-refractivity contribution in [2.75, 3.05) is 0 Å². The summed E-state index contributed by atoms with van der Waals surface area (Å²) < 4.78 is 0. The first kappa shape index (κ1) is 17.5. The van der Waals surface area contributed by atoms with Gasteiger partial charge in [0.05, 0.1) is 5.60 Å². The van der Waals surface area contributed by atoms with Crippen molar-refractivity contribution in [2.45, 2.75) is 84.7 Å². The zero-order valence-electron chi connectivity index (χ0n) is 14.3. The number of fused-ring (bicyclic) bond motifs is 1. The van der Waals surface area contributed by atoms with Gasteiger partial charge in [-0.05, 0) is 80.5 Å². The molecule has 0 heterocycles. The van der Waals surface area contributed by atoms with E-state index in [4.69, 9.17) is 0 Å². The average Bonchev–Trinajstić information content (AvgIpc) is 2.73. The second kappa shape index (κ2) is 6.74. The molecule has 0 aliphatic heterocycles. The molecule has 1 N–H and O–H groups in total. The molecule has 0 aromatic carbocycles. The van der Waals surface area contributed by atoms with Gasteiger partial charge < -0.3 is 5.11 Å². The SMILES string of the molecule is C[C@@H](CCCC(C)(C)O)[C@H]1CC[C@H]2/C(=C\Br)CCC[C@]12C. The van der Waals surface area contributed by atoms with Crippen molar-refractivity contribution in [3.8, 4) is 0 Å². The monoisotopic (exact) mass is 356 g/mol. The normalized spacial score (nSPS) is 36.8. The van der Waals surface area contributed by atoms with E-state index in [1.165, 1.54) is 38.5 Å². The van der Waals surface area contributed by atoms with Gasteiger partial charge in [0.25, 0.3) is 0 Å². The quantitative estimate of drug-likeness (QED) is 0.634. The van der Waals surface area contributed by atoms with Gasteiger partial charge in [0.15, 0.2) is 0 Å². The summed E-state index contributed by atoms with van der Waals surface area (Å²) in [6, 6.07) is 0. The van der Waals surface area contributed by atoms with E-state index < -0.39 is 5.60 Å². The van der Waals surface area contributed by atoms with Gasteiger partial charge >= 0.3 is 0 Å². The summed E-state index contributed by atoms with van der Waals surface area (Å²) in [6.45, 7) is 8.86. The lowest BCUT2D eigenvalue weighted by Gasteiger charge is -2.44. The first-order valence-corrected chi connectivity index (χ1v) is 9.71. The lowest BCUT2D eigenvalue weighted by molar-refractivity contribution is 0.0597. The van der Waals surface area contributed by atoms with Crippen molar-refractivity contribution < 1.29 is 5.11 Å². The molecule has 0 radical (unpaired) electrons. The largest absolute Gasteiger partial charge is 0.390 e. The fourth-order valence-electron chi connectivity index (χ4n) is 5.20. The molecule has 1 nitrogen and oxygen atoms in total. The molecule has 0 saturated heterocycles. The van der Waals surface area contributed by atoms with Gasteiger partial charge in [0, 0.05) is 0 Å². The first-order chi connectivity index (χ1) is 9.78. The minimum Gasteiger partial charge on any atom is -0.390 e. The Hall–Kier alpha value is 0.180. The van der Waals surface area contributed by atoms with Crippen LogP contribution in [0.3, 0.4) is 0 Å². The molecule has 2 rings (SSSR count). The van der Waals surface area contributed by atoms with Crippen LogP contribution in [0.5, 0.6) is 0 Å². The maximum Gasteiger partial charge on any atom is 0.0591 e. The van der Waals surface area contributed by atoms with Gasteiger partial charge in [-0.15, -0.1) is 0 Å². The number of allylic oxidation sites excluding steroid dienone is 1. The van der Waals surface area contributed by atoms with Crippen LogP contribution in [-0.4, -0.2) is 10.7 Å². The lowest BCUT2D eigenvalue weighted by Crippen LogP contribution is -2.36. The fourth-order valence-corrected chi connectivity index (χ4v) is 5.75. The Bertz CT molecular complexity index is 382. The average molecular weight is 357 g/mol. The van der Waals surface area contributed by atoms with Crippen LogP contribution < -0.4 is 0 Å². The second-order valence-electron chi connectivity index (χ2n) is 8.46. The third-order valence-electron chi connectivity index (χ3n) is 6.31. The van der Waals surface area contributed by atoms with E-state index >= 15 is 0 Å². The molecule has 0 bridgehead atoms. The number of halogens is 1. The molecule has 0 aromatic heterocycles. The smallest absolute Gasteiger partial charge is 0.0591 e. The Morgan fingerprint density at radius 2 is 2.14 bits per heavy atom. The van der Waals surface area contributed by atoms with Crippen LogP contribution in [0.1, 0.15) is 79.1 Å². The summed E-state index contributed by atoms with van der Waals surface area (Å²) in [5.41, 5.74) is 1.68. The highest BCUT2D eigenvalue weighted by Gasteiger charge is 2.50. The molecule has 0 aromatic rings. The first-order valence-electron chi connectivity index (χ1n) is 8.79. The van der Waals surface area contributed by atoms with Crippen LogP contribution in [0.2, 0.25) is 0 Å². The molecule has 2 heteroatoms. The predicted molar refractivity (Wildman–Crippen MR) is 94.5 cm³/mol. The molecule has 122 valence electrons. The summed E-state index contributed by atoms with van der Waals surface area (Å²) >= 11 is 3.60. The summed E-state index contributed by atoms with van der Waals surface area (Å²) in [4.78, 5) is 2.22. The number of hydrogen-bond donors (Lipinski definition) is 1. The summed E-state index contributed by atoms with van der Waals surface area (Å²) in [5.74, 6) is 2.47. The second-order valence-corrected chi connectivity index (χ2v) is 8.92. The topological polar surface area (TPSA) is 20.2 Å². The zero-order chi connectivity index (χ0) is 15.7. The highest BCUT2D eigenvalue weighted by molar-refractivity contribution is 9.11. The van der Waals surface area contributed by atoms with Gasteiger partial charge in [-0.25, -0.2) is 0 Å². The van der Waals surface area contributed by atoms with Crippen molar-refractivity contribution in [3.63, 3.8) is 0 Å². The Morgan fingerprint density at radius 1 is 1.43 bits per heavy atom. The molecule has 2 aliphatic carbocycles. The van der Waals surface area contributed by atoms with Gasteiger partial charge in [-0.3, -0.25) is 0 Å². The molecule has 0 amide bonds. The van der Waals surface area contributed by atoms with E-state index in [0.29, 0.717) is 5.41 Å². The minimum atomic E-state index is -0.501. The molecular weight excluding hydrogens is 324 g/mol. The highest BCUT2D eigenvalue weighted by atomic mass is 79.9. The van der Waals surface area contributed by atoms with Crippen LogP contribution in [-0.2, 0) is 0 Å². The van der Waals surface area contributed by atoms with Gasteiger partial charge in [0.2, 0.25) is 0 Å². The van der Waals surface area contributed by atoms with Crippen LogP contribution >= 0.6 is 15.9 Å². The van der Waals surface area contributed by atoms with E-state index in [1.54, 1.807) is 5.57 Å². The molecule has 4 atom stereocenters. The van der Waals surface area contributed by atoms with E-state index in [9.17, 15) is 5.11 Å². The molecule has 0 unspecified atom stereocenters. The van der Waals surface area contributed by atoms with Crippen LogP contribution in [0.15, 0.2) is 10.6 Å². The Labute approximate surface area is 139 Å². The molecule has 2 saturated carbocycles. The minimum absolute atomic E-state index is 0.501. The highest BCUT2D eigenvalue weighted by Crippen LogP contribution is 2.59. The van der Waals surface area contributed by atoms with Crippen LogP contribution in [0.25, 0.3) is 0 Å². The molecule has 2 aliphatic rings. The van der Waals surface area contributed by atoms with E-state index in [-0.39, 0.29) is 0 Å². The Kier molecular flexibility index (Phi) is 5.63. The Balaban J connectivity index is 1.97. The standard InChI is InChI=1S/C19H33BrO/c1-14(7-5-11-18(2,3)21)16-9-10-17-15(13-20)8-6-12-19(16,17)4/h13-14,16-17,21H,5-12H2,1-4H3/b15-13-/t14-,16+,17-,19+/m0/s1. The van der Waals surface area contributed by atoms with E-state index in [1.807, 2.05) is 13.8 Å². The fraction of sp³-hybridized carbons (Fsp3) is 0.895. The van der Waals surface area contributed by atoms with Crippen molar-refractivity contribution >= 4 is 15.9 Å². The third kappa shape index (κ3) is 3.93. The molecule has 2 fully saturated rings. The van der Waals surface area contributed by atoms with Crippen molar-refractivity contribution in [3.05, 3.63) is 10.6 Å². The van der Waals surface area contributed by atoms with Crippen molar-refractivity contribution in [1.82, 2.24) is 0 Å². The third-order valence-corrected chi connectivity index (χ3v) is 6.90. The van der Waals surface area contributed by atoms with Crippen molar-refractivity contribution in [2.24, 2.45) is 23.2 Å². The summed E-state index contributed by atoms with van der Waals surface area (Å²) in [6.07, 6.45) is 10.2. The summed E-state index contributed by atoms with van der Waals surface area (Å²) in [5, 5.41) is 9.89. The number of aliphatic hydroxyl groups is 1. The van der Waals surface area contributed by atoms with Crippen LogP contribution in [0.4, 0.5) is 0 Å². The zero-order valence-corrected chi connectivity index (χ0v) is 15.9. The Morgan fingerprint density at radius 3 is 2.76 bits per heavy atom. The molecule has 21 heavy (non-hydrogen) atoms. The predicted octanol–water partition coefficient (Wildman–Crippen LogP) is 6.06. The number of rotatable bonds is 5. The maximum absolute atomic E-state index is 9.89. The van der Waals surface area contributed by atoms with E-state index in [2.05, 4.69) is 34.8 Å². The van der Waals surface area contributed by atoms with E-state index in [0.717, 1.165) is 30.6 Å². The molecular formula is C19H33BrO. The van der Waals surface area contributed by atoms with Crippen molar-refractivity contribution in [1.29, 1.82) is 0 Å². The summed E-state index contributed by atoms with van der Waals surface area (Å²) in [7, 11) is 0. The van der Waals surface area contributed by atoms with Gasteiger partial charge in [-0.2, -0.15) is 0 Å². The maximum atomic E-state index is 9.89. The lowest BCUT2D eigenvalue weighted by atomic mass is 9.61. The number of hydrogen-bond acceptors (Lipinski definition) is 1. The van der Waals surface area contributed by atoms with Gasteiger partial charge in [0.1, 0.15) is 0 Å².